The number of nitrogens with two attached hydrogens (primary N) is 1. The van der Waals surface area contributed by atoms with E-state index in [0.29, 0.717) is 11.3 Å². The topological polar surface area (TPSA) is 100 Å². The quantitative estimate of drug-likeness (QED) is 0.790. The van der Waals surface area contributed by atoms with E-state index in [-0.39, 0.29) is 23.4 Å². The number of halogens is 2. The third kappa shape index (κ3) is 2.48. The normalized spacial score (nSPS) is 11.1. The third-order valence-electron chi connectivity index (χ3n) is 2.82. The van der Waals surface area contributed by atoms with Crippen LogP contribution in [0.2, 0.25) is 0 Å². The summed E-state index contributed by atoms with van der Waals surface area (Å²) in [5, 5.41) is 6.70. The Morgan fingerprint density at radius 2 is 1.82 bits per heavy atom. The molecule has 0 saturated carbocycles. The summed E-state index contributed by atoms with van der Waals surface area (Å²) < 4.78 is 40.1. The molecule has 0 spiro atoms. The van der Waals surface area contributed by atoms with E-state index in [4.69, 9.17) is 19.3 Å². The van der Waals surface area contributed by atoms with Gasteiger partial charge in [-0.05, 0) is 24.3 Å². The van der Waals surface area contributed by atoms with E-state index in [1.54, 1.807) is 31.4 Å². The van der Waals surface area contributed by atoms with Gasteiger partial charge in [0, 0.05) is 5.56 Å². The highest BCUT2D eigenvalue weighted by atomic mass is 19.3. The van der Waals surface area contributed by atoms with Gasteiger partial charge in [-0.1, -0.05) is 0 Å². The fraction of sp³-hybridized carbons (Fsp3) is 0.154. The van der Waals surface area contributed by atoms with Crippen LogP contribution in [0.5, 0.6) is 5.75 Å². The summed E-state index contributed by atoms with van der Waals surface area (Å²) in [7, 11) is 1.55. The molecule has 0 fully saturated rings. The fourth-order valence-corrected chi connectivity index (χ4v) is 1.76. The van der Waals surface area contributed by atoms with Crippen LogP contribution < -0.4 is 10.5 Å². The first-order valence-corrected chi connectivity index (χ1v) is 6.11. The Kier molecular flexibility index (Phi) is 3.45. The van der Waals surface area contributed by atoms with E-state index in [1.165, 1.54) is 0 Å². The molecule has 3 rings (SSSR count). The highest BCUT2D eigenvalue weighted by Gasteiger charge is 2.22. The number of ether oxygens (including phenoxy) is 1. The summed E-state index contributed by atoms with van der Waals surface area (Å²) in [4.78, 5) is 4.10. The lowest BCUT2D eigenvalue weighted by Crippen LogP contribution is -1.86. The number of benzene rings is 1. The molecule has 22 heavy (non-hydrogen) atoms. The molecule has 0 unspecified atom stereocenters. The molecule has 3 aromatic rings. The van der Waals surface area contributed by atoms with Gasteiger partial charge in [0.05, 0.1) is 7.11 Å². The van der Waals surface area contributed by atoms with Crippen molar-refractivity contribution in [3.05, 3.63) is 30.2 Å². The second kappa shape index (κ2) is 5.43. The van der Waals surface area contributed by atoms with Crippen molar-refractivity contribution in [2.45, 2.75) is 6.43 Å². The average molecular weight is 308 g/mol. The van der Waals surface area contributed by atoms with Crippen molar-refractivity contribution in [1.29, 1.82) is 0 Å². The standard InChI is InChI=1S/C13H10F2N4O3/c1-20-7-4-2-6(3-5-7)11-17-8(10(16)21-11)12-18-19-13(22-12)9(14)15/h2-5,9H,16H2,1H3. The van der Waals surface area contributed by atoms with Gasteiger partial charge >= 0.3 is 6.43 Å². The van der Waals surface area contributed by atoms with Crippen LogP contribution in [0.15, 0.2) is 33.1 Å². The zero-order valence-corrected chi connectivity index (χ0v) is 11.3. The van der Waals surface area contributed by atoms with Crippen molar-refractivity contribution in [2.24, 2.45) is 0 Å². The molecule has 0 aliphatic carbocycles. The van der Waals surface area contributed by atoms with Gasteiger partial charge in [-0.15, -0.1) is 10.2 Å². The van der Waals surface area contributed by atoms with Gasteiger partial charge in [0.15, 0.2) is 5.69 Å². The van der Waals surface area contributed by atoms with Crippen molar-refractivity contribution in [2.75, 3.05) is 12.8 Å². The van der Waals surface area contributed by atoms with Crippen LogP contribution in [0.3, 0.4) is 0 Å². The molecule has 2 N–H and O–H groups in total. The Hall–Kier alpha value is -2.97. The molecular formula is C13H10F2N4O3. The Labute approximate surface area is 122 Å². The lowest BCUT2D eigenvalue weighted by atomic mass is 10.2. The molecule has 0 radical (unpaired) electrons. The number of alkyl halides is 2. The Morgan fingerprint density at radius 1 is 1.09 bits per heavy atom. The number of aromatic nitrogens is 3. The number of nitrogen functional groups attached to an aromatic ring is 1. The van der Waals surface area contributed by atoms with Crippen molar-refractivity contribution >= 4 is 5.88 Å². The van der Waals surface area contributed by atoms with E-state index in [9.17, 15) is 8.78 Å². The monoisotopic (exact) mass is 308 g/mol. The molecule has 0 saturated heterocycles. The summed E-state index contributed by atoms with van der Waals surface area (Å²) in [6.45, 7) is 0. The van der Waals surface area contributed by atoms with E-state index in [2.05, 4.69) is 15.2 Å². The second-order valence-electron chi connectivity index (χ2n) is 4.21. The van der Waals surface area contributed by atoms with Crippen LogP contribution >= 0.6 is 0 Å². The highest BCUT2D eigenvalue weighted by Crippen LogP contribution is 2.31. The Morgan fingerprint density at radius 3 is 2.41 bits per heavy atom. The molecule has 0 atom stereocenters. The van der Waals surface area contributed by atoms with E-state index >= 15 is 0 Å². The van der Waals surface area contributed by atoms with Gasteiger partial charge in [0.25, 0.3) is 11.8 Å². The maximum atomic E-state index is 12.5. The van der Waals surface area contributed by atoms with Crippen LogP contribution in [0.4, 0.5) is 14.7 Å². The minimum absolute atomic E-state index is 0.0187. The van der Waals surface area contributed by atoms with Crippen LogP contribution in [0, 0.1) is 0 Å². The molecular weight excluding hydrogens is 298 g/mol. The van der Waals surface area contributed by atoms with E-state index in [0.717, 1.165) is 0 Å². The smallest absolute Gasteiger partial charge is 0.314 e. The summed E-state index contributed by atoms with van der Waals surface area (Å²) in [5.41, 5.74) is 6.33. The first kappa shape index (κ1) is 14.0. The van der Waals surface area contributed by atoms with Crippen LogP contribution in [-0.2, 0) is 0 Å². The lowest BCUT2D eigenvalue weighted by Gasteiger charge is -1.99. The Bertz CT molecular complexity index is 783. The molecule has 114 valence electrons. The molecule has 2 aromatic heterocycles. The SMILES string of the molecule is COc1ccc(-c2nc(-c3nnc(C(F)F)o3)c(N)o2)cc1. The maximum absolute atomic E-state index is 12.5. The number of hydrogen-bond donors (Lipinski definition) is 1. The van der Waals surface area contributed by atoms with E-state index in [1.807, 2.05) is 0 Å². The van der Waals surface area contributed by atoms with Crippen LogP contribution in [-0.4, -0.2) is 22.3 Å². The molecule has 9 heteroatoms. The molecule has 1 aromatic carbocycles. The first-order chi connectivity index (χ1) is 10.6. The van der Waals surface area contributed by atoms with Gasteiger partial charge in [0.2, 0.25) is 11.8 Å². The van der Waals surface area contributed by atoms with Gasteiger partial charge < -0.3 is 19.3 Å². The van der Waals surface area contributed by atoms with Crippen LogP contribution in [0.25, 0.3) is 23.0 Å². The van der Waals surface area contributed by atoms with Gasteiger partial charge in [0.1, 0.15) is 5.75 Å². The molecule has 0 aliphatic rings. The number of nitrogens with zero attached hydrogens (tertiary/aromatic N) is 3. The van der Waals surface area contributed by atoms with Crippen molar-refractivity contribution in [3.63, 3.8) is 0 Å². The van der Waals surface area contributed by atoms with Crippen molar-refractivity contribution in [3.8, 4) is 28.8 Å². The van der Waals surface area contributed by atoms with Crippen molar-refractivity contribution in [1.82, 2.24) is 15.2 Å². The predicted molar refractivity (Wildman–Crippen MR) is 71.2 cm³/mol. The summed E-state index contributed by atoms with van der Waals surface area (Å²) in [6.07, 6.45) is -2.87. The number of methoxy groups -OCH3 is 1. The zero-order valence-electron chi connectivity index (χ0n) is 11.3. The zero-order chi connectivity index (χ0) is 15.7. The third-order valence-corrected chi connectivity index (χ3v) is 2.82. The highest BCUT2D eigenvalue weighted by molar-refractivity contribution is 5.66. The van der Waals surface area contributed by atoms with Crippen molar-refractivity contribution < 1.29 is 22.4 Å². The fourth-order valence-electron chi connectivity index (χ4n) is 1.76. The number of oxazole rings is 1. The maximum Gasteiger partial charge on any atom is 0.314 e. The van der Waals surface area contributed by atoms with Gasteiger partial charge in [-0.25, -0.2) is 4.98 Å². The molecule has 2 heterocycles. The largest absolute Gasteiger partial charge is 0.497 e. The van der Waals surface area contributed by atoms with E-state index < -0.39 is 12.3 Å². The molecule has 0 bridgehead atoms. The van der Waals surface area contributed by atoms with Gasteiger partial charge in [-0.2, -0.15) is 8.78 Å². The first-order valence-electron chi connectivity index (χ1n) is 6.11. The average Bonchev–Trinajstić information content (AvgIpc) is 3.14. The van der Waals surface area contributed by atoms with Gasteiger partial charge in [-0.3, -0.25) is 0 Å². The molecule has 0 aliphatic heterocycles. The summed E-state index contributed by atoms with van der Waals surface area (Å²) in [6, 6.07) is 6.87. The minimum atomic E-state index is -2.87. The summed E-state index contributed by atoms with van der Waals surface area (Å²) in [5.74, 6) is -0.260. The number of anilines is 1. The second-order valence-corrected chi connectivity index (χ2v) is 4.21. The van der Waals surface area contributed by atoms with Crippen LogP contribution in [0.1, 0.15) is 12.3 Å². The molecule has 7 nitrogen and oxygen atoms in total. The molecule has 0 amide bonds. The minimum Gasteiger partial charge on any atom is -0.497 e. The number of hydrogen-bond acceptors (Lipinski definition) is 7. The summed E-state index contributed by atoms with van der Waals surface area (Å²) >= 11 is 0. The predicted octanol–water partition coefficient (Wildman–Crippen LogP) is 2.92. The number of rotatable bonds is 4. The Balaban J connectivity index is 1.95. The lowest BCUT2D eigenvalue weighted by molar-refractivity contribution is 0.116.